The molecule has 1 aliphatic carbocycles. The van der Waals surface area contributed by atoms with E-state index < -0.39 is 8.07 Å². The Morgan fingerprint density at radius 2 is 2.18 bits per heavy atom. The number of rotatable bonds is 1. The minimum Gasteiger partial charge on any atom is -0.465 e. The monoisotopic (exact) mass is 170 g/mol. The standard InChI is InChI=1S/C8H14O2Si/c1-11(2,3)8-4-6(8)5-10-7(8)9/h6H,4-5H2,1-3H3/t6-,8+/m1/s1. The fourth-order valence-corrected chi connectivity index (χ4v) is 5.16. The number of cyclic esters (lactones) is 1. The van der Waals surface area contributed by atoms with Gasteiger partial charge in [-0.25, -0.2) is 0 Å². The van der Waals surface area contributed by atoms with Crippen LogP contribution < -0.4 is 0 Å². The lowest BCUT2D eigenvalue weighted by Crippen LogP contribution is -2.34. The van der Waals surface area contributed by atoms with Gasteiger partial charge in [-0.15, -0.1) is 0 Å². The van der Waals surface area contributed by atoms with Crippen LogP contribution in [0.2, 0.25) is 24.7 Å². The first-order valence-corrected chi connectivity index (χ1v) is 7.66. The third-order valence-corrected chi connectivity index (χ3v) is 6.72. The summed E-state index contributed by atoms with van der Waals surface area (Å²) in [5, 5.41) is 0.0347. The number of ether oxygens (including phenoxy) is 1. The van der Waals surface area contributed by atoms with Gasteiger partial charge in [0.1, 0.15) is 0 Å². The average molecular weight is 170 g/mol. The van der Waals surface area contributed by atoms with E-state index in [2.05, 4.69) is 19.6 Å². The molecule has 1 aliphatic heterocycles. The van der Waals surface area contributed by atoms with Gasteiger partial charge < -0.3 is 4.74 Å². The molecule has 0 amide bonds. The van der Waals surface area contributed by atoms with E-state index in [4.69, 9.17) is 4.74 Å². The molecule has 0 spiro atoms. The van der Waals surface area contributed by atoms with Crippen LogP contribution in [0.4, 0.5) is 0 Å². The minimum atomic E-state index is -1.31. The van der Waals surface area contributed by atoms with Gasteiger partial charge in [-0.3, -0.25) is 4.79 Å². The van der Waals surface area contributed by atoms with Crippen LogP contribution in [0.25, 0.3) is 0 Å². The highest BCUT2D eigenvalue weighted by molar-refractivity contribution is 6.83. The maximum atomic E-state index is 11.4. The van der Waals surface area contributed by atoms with Crippen molar-refractivity contribution in [2.45, 2.75) is 31.1 Å². The van der Waals surface area contributed by atoms with E-state index in [-0.39, 0.29) is 11.0 Å². The zero-order valence-corrected chi connectivity index (χ0v) is 8.31. The van der Waals surface area contributed by atoms with E-state index in [1.54, 1.807) is 0 Å². The zero-order valence-electron chi connectivity index (χ0n) is 7.31. The highest BCUT2D eigenvalue weighted by atomic mass is 28.3. The Morgan fingerprint density at radius 1 is 1.55 bits per heavy atom. The number of carbonyl (C=O) groups is 1. The maximum absolute atomic E-state index is 11.4. The number of esters is 1. The molecule has 2 rings (SSSR count). The lowest BCUT2D eigenvalue weighted by molar-refractivity contribution is -0.140. The summed E-state index contributed by atoms with van der Waals surface area (Å²) in [6.07, 6.45) is 1.11. The molecule has 11 heavy (non-hydrogen) atoms. The first kappa shape index (κ1) is 7.34. The fourth-order valence-electron chi connectivity index (χ4n) is 2.31. The second-order valence-electron chi connectivity index (χ2n) is 4.72. The summed E-state index contributed by atoms with van der Waals surface area (Å²) in [5.74, 6) is 0.684. The van der Waals surface area contributed by atoms with Crippen molar-refractivity contribution in [3.63, 3.8) is 0 Å². The highest BCUT2D eigenvalue weighted by Crippen LogP contribution is 2.69. The molecule has 1 saturated heterocycles. The van der Waals surface area contributed by atoms with Gasteiger partial charge >= 0.3 is 5.97 Å². The molecule has 0 aromatic rings. The van der Waals surface area contributed by atoms with Crippen LogP contribution in [0.5, 0.6) is 0 Å². The normalized spacial score (nSPS) is 41.7. The Labute approximate surface area is 67.9 Å². The van der Waals surface area contributed by atoms with E-state index in [0.717, 1.165) is 6.42 Å². The van der Waals surface area contributed by atoms with Crippen LogP contribution in [0.15, 0.2) is 0 Å². The van der Waals surface area contributed by atoms with Crippen LogP contribution in [-0.4, -0.2) is 20.7 Å². The third kappa shape index (κ3) is 0.696. The molecule has 2 atom stereocenters. The van der Waals surface area contributed by atoms with Gasteiger partial charge in [-0.1, -0.05) is 19.6 Å². The Morgan fingerprint density at radius 3 is 2.36 bits per heavy atom. The second kappa shape index (κ2) is 1.71. The topological polar surface area (TPSA) is 26.3 Å². The van der Waals surface area contributed by atoms with Crippen LogP contribution in [-0.2, 0) is 9.53 Å². The molecule has 2 fully saturated rings. The Balaban J connectivity index is 2.32. The van der Waals surface area contributed by atoms with Gasteiger partial charge in [-0.05, 0) is 6.42 Å². The number of fused-ring (bicyclic) bond motifs is 1. The third-order valence-electron chi connectivity index (χ3n) is 3.22. The van der Waals surface area contributed by atoms with Gasteiger partial charge in [0.15, 0.2) is 0 Å². The van der Waals surface area contributed by atoms with Gasteiger partial charge in [0.2, 0.25) is 0 Å². The van der Waals surface area contributed by atoms with E-state index in [9.17, 15) is 4.79 Å². The van der Waals surface area contributed by atoms with Crippen LogP contribution >= 0.6 is 0 Å². The molecule has 2 nitrogen and oxygen atoms in total. The van der Waals surface area contributed by atoms with E-state index >= 15 is 0 Å². The number of hydrogen-bond acceptors (Lipinski definition) is 2. The summed E-state index contributed by atoms with van der Waals surface area (Å²) >= 11 is 0. The first-order chi connectivity index (χ1) is 4.98. The van der Waals surface area contributed by atoms with E-state index in [1.165, 1.54) is 0 Å². The molecule has 2 aliphatic rings. The predicted molar refractivity (Wildman–Crippen MR) is 45.1 cm³/mol. The second-order valence-corrected chi connectivity index (χ2v) is 10.1. The predicted octanol–water partition coefficient (Wildman–Crippen LogP) is 1.64. The summed E-state index contributed by atoms with van der Waals surface area (Å²) in [7, 11) is -1.31. The van der Waals surface area contributed by atoms with Crippen LogP contribution in [0.1, 0.15) is 6.42 Å². The SMILES string of the molecule is C[Si](C)(C)[C@@]12C[C@@H]1COC2=O. The number of carbonyl (C=O) groups excluding carboxylic acids is 1. The van der Waals surface area contributed by atoms with Crippen molar-refractivity contribution in [2.75, 3.05) is 6.61 Å². The molecule has 0 aromatic carbocycles. The summed E-state index contributed by atoms with van der Waals surface area (Å²) in [6, 6.07) is 0. The molecular formula is C8H14O2Si. The Hall–Kier alpha value is -0.313. The largest absolute Gasteiger partial charge is 0.465 e. The van der Waals surface area contributed by atoms with Crippen molar-refractivity contribution in [1.29, 1.82) is 0 Å². The van der Waals surface area contributed by atoms with Crippen molar-refractivity contribution >= 4 is 14.0 Å². The summed E-state index contributed by atoms with van der Waals surface area (Å²) in [4.78, 5) is 11.4. The summed E-state index contributed by atoms with van der Waals surface area (Å²) in [5.41, 5.74) is 0. The highest BCUT2D eigenvalue weighted by Gasteiger charge is 2.71. The van der Waals surface area contributed by atoms with Gasteiger partial charge in [-0.2, -0.15) is 0 Å². The molecule has 1 saturated carbocycles. The smallest absolute Gasteiger partial charge is 0.309 e. The van der Waals surface area contributed by atoms with Crippen molar-refractivity contribution in [1.82, 2.24) is 0 Å². The molecule has 0 radical (unpaired) electrons. The summed E-state index contributed by atoms with van der Waals surface area (Å²) in [6.45, 7) is 7.49. The van der Waals surface area contributed by atoms with Crippen molar-refractivity contribution in [3.8, 4) is 0 Å². The van der Waals surface area contributed by atoms with E-state index in [1.807, 2.05) is 0 Å². The molecule has 0 aromatic heterocycles. The number of hydrogen-bond donors (Lipinski definition) is 0. The van der Waals surface area contributed by atoms with Crippen molar-refractivity contribution < 1.29 is 9.53 Å². The quantitative estimate of drug-likeness (QED) is 0.442. The van der Waals surface area contributed by atoms with Crippen molar-refractivity contribution in [3.05, 3.63) is 0 Å². The fraction of sp³-hybridized carbons (Fsp3) is 0.875. The molecule has 1 heterocycles. The first-order valence-electron chi connectivity index (χ1n) is 4.16. The molecular weight excluding hydrogens is 156 g/mol. The van der Waals surface area contributed by atoms with Gasteiger partial charge in [0, 0.05) is 5.92 Å². The van der Waals surface area contributed by atoms with E-state index in [0.29, 0.717) is 12.5 Å². The average Bonchev–Trinajstić information content (AvgIpc) is 2.50. The molecule has 0 unspecified atom stereocenters. The lowest BCUT2D eigenvalue weighted by atomic mass is 10.4. The zero-order chi connectivity index (χ0) is 8.28. The Bertz CT molecular complexity index is 219. The van der Waals surface area contributed by atoms with Gasteiger partial charge in [0.25, 0.3) is 0 Å². The molecule has 62 valence electrons. The van der Waals surface area contributed by atoms with Gasteiger partial charge in [0.05, 0.1) is 19.7 Å². The molecule has 0 bridgehead atoms. The van der Waals surface area contributed by atoms with Crippen LogP contribution in [0, 0.1) is 5.92 Å². The molecule has 3 heteroatoms. The maximum Gasteiger partial charge on any atom is 0.309 e. The molecule has 0 N–H and O–H groups in total. The Kier molecular flexibility index (Phi) is 1.14. The lowest BCUT2D eigenvalue weighted by Gasteiger charge is -2.23. The summed E-state index contributed by atoms with van der Waals surface area (Å²) < 4.78 is 5.04. The van der Waals surface area contributed by atoms with Crippen molar-refractivity contribution in [2.24, 2.45) is 5.92 Å². The minimum absolute atomic E-state index is 0.0347. The van der Waals surface area contributed by atoms with Crippen LogP contribution in [0.3, 0.4) is 0 Å².